The van der Waals surface area contributed by atoms with Gasteiger partial charge in [0.1, 0.15) is 5.75 Å². The van der Waals surface area contributed by atoms with E-state index >= 15 is 0 Å². The van der Waals surface area contributed by atoms with Crippen molar-refractivity contribution in [1.29, 1.82) is 0 Å². The molecule has 0 radical (unpaired) electrons. The normalized spacial score (nSPS) is 22.9. The van der Waals surface area contributed by atoms with Crippen LogP contribution in [-0.2, 0) is 0 Å². The first-order valence-electron chi connectivity index (χ1n) is 7.80. The van der Waals surface area contributed by atoms with Gasteiger partial charge >= 0.3 is 0 Å². The molecule has 1 N–H and O–H groups in total. The van der Waals surface area contributed by atoms with Gasteiger partial charge in [0.2, 0.25) is 0 Å². The highest BCUT2D eigenvalue weighted by atomic mass is 16.5. The molecule has 0 aliphatic carbocycles. The fourth-order valence-corrected chi connectivity index (χ4v) is 3.09. The zero-order valence-electron chi connectivity index (χ0n) is 13.3. The van der Waals surface area contributed by atoms with E-state index in [1.807, 2.05) is 0 Å². The third-order valence-electron chi connectivity index (χ3n) is 4.20. The lowest BCUT2D eigenvalue weighted by Crippen LogP contribution is -2.47. The van der Waals surface area contributed by atoms with Gasteiger partial charge < -0.3 is 15.0 Å². The molecule has 1 aromatic carbocycles. The Morgan fingerprint density at radius 3 is 2.85 bits per heavy atom. The minimum atomic E-state index is 0.550. The summed E-state index contributed by atoms with van der Waals surface area (Å²) in [6.45, 7) is 8.92. The van der Waals surface area contributed by atoms with Crippen molar-refractivity contribution < 1.29 is 4.74 Å². The molecule has 1 heterocycles. The van der Waals surface area contributed by atoms with E-state index in [-0.39, 0.29) is 0 Å². The van der Waals surface area contributed by atoms with Gasteiger partial charge in [-0.25, -0.2) is 0 Å². The fraction of sp³-hybridized carbons (Fsp3) is 0.647. The number of rotatable bonds is 5. The van der Waals surface area contributed by atoms with E-state index in [4.69, 9.17) is 4.74 Å². The molecule has 1 aliphatic rings. The number of methoxy groups -OCH3 is 1. The molecule has 2 unspecified atom stereocenters. The lowest BCUT2D eigenvalue weighted by Gasteiger charge is -2.40. The minimum absolute atomic E-state index is 0.550. The maximum absolute atomic E-state index is 5.54. The van der Waals surface area contributed by atoms with Crippen molar-refractivity contribution in [3.05, 3.63) is 23.8 Å². The van der Waals surface area contributed by atoms with Crippen molar-refractivity contribution in [1.82, 2.24) is 5.32 Å². The molecule has 0 bridgehead atoms. The second kappa shape index (κ2) is 6.98. The average Bonchev–Trinajstić information content (AvgIpc) is 2.45. The van der Waals surface area contributed by atoms with Gasteiger partial charge in [0.15, 0.2) is 0 Å². The van der Waals surface area contributed by atoms with Crippen LogP contribution in [0, 0.1) is 6.92 Å². The number of hydrogen-bond acceptors (Lipinski definition) is 3. The van der Waals surface area contributed by atoms with Crippen LogP contribution in [0.15, 0.2) is 18.2 Å². The molecule has 1 aliphatic heterocycles. The first-order valence-corrected chi connectivity index (χ1v) is 7.80. The van der Waals surface area contributed by atoms with Crippen LogP contribution in [-0.4, -0.2) is 32.3 Å². The van der Waals surface area contributed by atoms with Gasteiger partial charge in [-0.05, 0) is 57.4 Å². The molecular formula is C17H28N2O. The highest BCUT2D eigenvalue weighted by Crippen LogP contribution is 2.33. The van der Waals surface area contributed by atoms with Crippen LogP contribution in [0.4, 0.5) is 5.69 Å². The summed E-state index contributed by atoms with van der Waals surface area (Å²) in [4.78, 5) is 2.50. The molecule has 3 nitrogen and oxygen atoms in total. The average molecular weight is 276 g/mol. The van der Waals surface area contributed by atoms with Gasteiger partial charge in [-0.2, -0.15) is 0 Å². The highest BCUT2D eigenvalue weighted by molar-refractivity contribution is 5.61. The van der Waals surface area contributed by atoms with E-state index in [1.165, 1.54) is 30.5 Å². The molecule has 3 heteroatoms. The van der Waals surface area contributed by atoms with Gasteiger partial charge in [-0.3, -0.25) is 0 Å². The second-order valence-electron chi connectivity index (χ2n) is 5.89. The molecule has 0 amide bonds. The van der Waals surface area contributed by atoms with Crippen molar-refractivity contribution in [3.8, 4) is 5.75 Å². The van der Waals surface area contributed by atoms with E-state index in [1.54, 1.807) is 7.11 Å². The number of nitrogens with zero attached hydrogens (tertiary/aromatic N) is 1. The number of aryl methyl sites for hydroxylation is 1. The summed E-state index contributed by atoms with van der Waals surface area (Å²) < 4.78 is 5.54. The van der Waals surface area contributed by atoms with Crippen molar-refractivity contribution in [3.63, 3.8) is 0 Å². The van der Waals surface area contributed by atoms with Gasteiger partial charge in [-0.15, -0.1) is 0 Å². The zero-order chi connectivity index (χ0) is 14.5. The Balaban J connectivity index is 2.09. The highest BCUT2D eigenvalue weighted by Gasteiger charge is 2.26. The summed E-state index contributed by atoms with van der Waals surface area (Å²) in [6.07, 6.45) is 3.62. The largest absolute Gasteiger partial charge is 0.495 e. The van der Waals surface area contributed by atoms with Crippen LogP contribution < -0.4 is 15.0 Å². The summed E-state index contributed by atoms with van der Waals surface area (Å²) in [6, 6.07) is 7.65. The summed E-state index contributed by atoms with van der Waals surface area (Å²) in [5.74, 6) is 0.988. The third-order valence-corrected chi connectivity index (χ3v) is 4.20. The minimum Gasteiger partial charge on any atom is -0.495 e. The fourth-order valence-electron chi connectivity index (χ4n) is 3.09. The molecule has 0 saturated carbocycles. The number of benzene rings is 1. The second-order valence-corrected chi connectivity index (χ2v) is 5.89. The van der Waals surface area contributed by atoms with Crippen LogP contribution in [0.5, 0.6) is 5.75 Å². The van der Waals surface area contributed by atoms with Gasteiger partial charge in [0.05, 0.1) is 12.8 Å². The summed E-state index contributed by atoms with van der Waals surface area (Å²) >= 11 is 0. The van der Waals surface area contributed by atoms with Crippen molar-refractivity contribution >= 4 is 5.69 Å². The number of anilines is 1. The predicted octanol–water partition coefficient (Wildman–Crippen LogP) is 3.36. The van der Waals surface area contributed by atoms with Crippen LogP contribution in [0.25, 0.3) is 0 Å². The van der Waals surface area contributed by atoms with Crippen molar-refractivity contribution in [2.45, 2.75) is 52.1 Å². The van der Waals surface area contributed by atoms with Crippen LogP contribution >= 0.6 is 0 Å². The number of piperidine rings is 1. The maximum Gasteiger partial charge on any atom is 0.142 e. The van der Waals surface area contributed by atoms with E-state index in [2.05, 4.69) is 49.2 Å². The van der Waals surface area contributed by atoms with Gasteiger partial charge in [0, 0.05) is 18.6 Å². The predicted molar refractivity (Wildman–Crippen MR) is 85.9 cm³/mol. The topological polar surface area (TPSA) is 24.5 Å². The first-order chi connectivity index (χ1) is 9.65. The summed E-state index contributed by atoms with van der Waals surface area (Å²) in [5, 5.41) is 3.66. The molecule has 20 heavy (non-hydrogen) atoms. The molecule has 0 spiro atoms. The summed E-state index contributed by atoms with van der Waals surface area (Å²) in [5.41, 5.74) is 2.54. The molecule has 2 rings (SSSR count). The maximum atomic E-state index is 5.54. The van der Waals surface area contributed by atoms with Crippen molar-refractivity contribution in [2.75, 3.05) is 25.1 Å². The quantitative estimate of drug-likeness (QED) is 0.892. The molecule has 2 atom stereocenters. The molecule has 112 valence electrons. The molecule has 1 aromatic rings. The number of ether oxygens (including phenoxy) is 1. The Bertz CT molecular complexity index is 433. The molecule has 1 fully saturated rings. The van der Waals surface area contributed by atoms with Crippen LogP contribution in [0.3, 0.4) is 0 Å². The monoisotopic (exact) mass is 276 g/mol. The smallest absolute Gasteiger partial charge is 0.142 e. The molecule has 1 saturated heterocycles. The van der Waals surface area contributed by atoms with Gasteiger partial charge in [-0.1, -0.05) is 13.0 Å². The SMILES string of the molecule is CCCNC1CCN(c2cc(C)ccc2OC)C(C)C1. The standard InChI is InChI=1S/C17H28N2O/c1-5-9-18-15-8-10-19(14(3)12-15)16-11-13(2)6-7-17(16)20-4/h6-7,11,14-15,18H,5,8-10,12H2,1-4H3. The zero-order valence-corrected chi connectivity index (χ0v) is 13.3. The lowest BCUT2D eigenvalue weighted by atomic mass is 9.97. The molecular weight excluding hydrogens is 248 g/mol. The first kappa shape index (κ1) is 15.2. The van der Waals surface area contributed by atoms with E-state index < -0.39 is 0 Å². The third kappa shape index (κ3) is 3.45. The van der Waals surface area contributed by atoms with Gasteiger partial charge in [0.25, 0.3) is 0 Å². The Hall–Kier alpha value is -1.22. The Kier molecular flexibility index (Phi) is 5.30. The lowest BCUT2D eigenvalue weighted by molar-refractivity contribution is 0.362. The Morgan fingerprint density at radius 1 is 1.40 bits per heavy atom. The molecule has 0 aromatic heterocycles. The van der Waals surface area contributed by atoms with Crippen molar-refractivity contribution in [2.24, 2.45) is 0 Å². The van der Waals surface area contributed by atoms with Crippen LogP contribution in [0.1, 0.15) is 38.7 Å². The number of hydrogen-bond donors (Lipinski definition) is 1. The Morgan fingerprint density at radius 2 is 2.20 bits per heavy atom. The van der Waals surface area contributed by atoms with E-state index in [0.717, 1.165) is 18.8 Å². The van der Waals surface area contributed by atoms with E-state index in [0.29, 0.717) is 12.1 Å². The van der Waals surface area contributed by atoms with E-state index in [9.17, 15) is 0 Å². The Labute approximate surface area is 123 Å². The summed E-state index contributed by atoms with van der Waals surface area (Å²) in [7, 11) is 1.76. The van der Waals surface area contributed by atoms with Crippen LogP contribution in [0.2, 0.25) is 0 Å². The number of nitrogens with one attached hydrogen (secondary N) is 1.